The predicted molar refractivity (Wildman–Crippen MR) is 135 cm³/mol. The van der Waals surface area contributed by atoms with E-state index in [1.165, 1.54) is 0 Å². The molecule has 2 N–H and O–H groups in total. The van der Waals surface area contributed by atoms with Gasteiger partial charge in [-0.1, -0.05) is 48.0 Å². The molecule has 0 radical (unpaired) electrons. The fourth-order valence-electron chi connectivity index (χ4n) is 7.29. The fourth-order valence-corrected chi connectivity index (χ4v) is 7.42. The molecule has 0 saturated carbocycles. The van der Waals surface area contributed by atoms with Gasteiger partial charge < -0.3 is 14.9 Å². The van der Waals surface area contributed by atoms with Gasteiger partial charge in [0.05, 0.1) is 22.4 Å². The quantitative estimate of drug-likeness (QED) is 0.511. The van der Waals surface area contributed by atoms with E-state index in [1.807, 2.05) is 43.3 Å². The second-order valence-corrected chi connectivity index (χ2v) is 11.1. The number of pyridine rings is 1. The van der Waals surface area contributed by atoms with Crippen molar-refractivity contribution < 1.29 is 14.9 Å². The molecular formula is C29H27ClN2O3. The highest BCUT2D eigenvalue weighted by atomic mass is 35.5. The van der Waals surface area contributed by atoms with Crippen LogP contribution in [0.2, 0.25) is 5.02 Å². The molecule has 1 saturated heterocycles. The first-order valence-electron chi connectivity index (χ1n) is 12.2. The van der Waals surface area contributed by atoms with Crippen molar-refractivity contribution in [3.8, 4) is 22.8 Å². The van der Waals surface area contributed by atoms with Gasteiger partial charge >= 0.3 is 0 Å². The summed E-state index contributed by atoms with van der Waals surface area (Å²) in [5, 5.41) is 24.2. The van der Waals surface area contributed by atoms with Crippen LogP contribution in [0.15, 0.2) is 60.7 Å². The topological polar surface area (TPSA) is 65.8 Å². The number of nitrogens with zero attached hydrogens (tertiary/aromatic N) is 2. The standard InChI is InChI=1S/C29H27ClN2O3/c1-16(2)15-32-12-11-28-24-18-6-10-22(33)26(24)35-27(28)25-19(14-29(28,34)23(32)13-18)5-9-21(31-25)17-3-7-20(30)8-4-17/h3-10,23,27,33-34H,1,11-15H2,2H3/t23-,27+,28+,29-/m1/s1. The summed E-state index contributed by atoms with van der Waals surface area (Å²) in [6, 6.07) is 15.4. The van der Waals surface area contributed by atoms with Crippen molar-refractivity contribution in [3.05, 3.63) is 88.1 Å². The van der Waals surface area contributed by atoms with Crippen LogP contribution in [0, 0.1) is 0 Å². The minimum Gasteiger partial charge on any atom is -0.504 e. The number of aromatic hydroxyl groups is 1. The lowest BCUT2D eigenvalue weighted by atomic mass is 9.49. The Balaban J connectivity index is 1.45. The van der Waals surface area contributed by atoms with Crippen LogP contribution in [0.4, 0.5) is 0 Å². The van der Waals surface area contributed by atoms with E-state index in [2.05, 4.69) is 17.5 Å². The van der Waals surface area contributed by atoms with Crippen molar-refractivity contribution in [2.45, 2.75) is 49.3 Å². The second-order valence-electron chi connectivity index (χ2n) is 10.7. The summed E-state index contributed by atoms with van der Waals surface area (Å²) in [5.74, 6) is 0.650. The van der Waals surface area contributed by atoms with Gasteiger partial charge in [0.2, 0.25) is 0 Å². The molecule has 4 atom stereocenters. The van der Waals surface area contributed by atoms with Crippen LogP contribution in [0.3, 0.4) is 0 Å². The molecule has 3 heterocycles. The zero-order valence-corrected chi connectivity index (χ0v) is 20.3. The van der Waals surface area contributed by atoms with Gasteiger partial charge in [0.1, 0.15) is 0 Å². The van der Waals surface area contributed by atoms with Crippen LogP contribution in [0.5, 0.6) is 11.5 Å². The molecule has 35 heavy (non-hydrogen) atoms. The molecule has 2 aliphatic carbocycles. The fraction of sp³-hybridized carbons (Fsp3) is 0.345. The Morgan fingerprint density at radius 2 is 1.94 bits per heavy atom. The molecule has 2 bridgehead atoms. The van der Waals surface area contributed by atoms with Gasteiger partial charge in [0, 0.05) is 41.7 Å². The lowest BCUT2D eigenvalue weighted by Gasteiger charge is -2.62. The third-order valence-corrected chi connectivity index (χ3v) is 8.91. The van der Waals surface area contributed by atoms with E-state index >= 15 is 0 Å². The van der Waals surface area contributed by atoms with Crippen LogP contribution in [-0.2, 0) is 18.3 Å². The van der Waals surface area contributed by atoms with E-state index in [0.717, 1.165) is 65.1 Å². The van der Waals surface area contributed by atoms with Gasteiger partial charge in [-0.15, -0.1) is 0 Å². The maximum atomic E-state index is 12.7. The molecule has 1 aromatic heterocycles. The van der Waals surface area contributed by atoms with Crippen molar-refractivity contribution in [3.63, 3.8) is 0 Å². The van der Waals surface area contributed by atoms with Gasteiger partial charge in [-0.25, -0.2) is 4.98 Å². The SMILES string of the molecule is C=C(C)CN1CC[C@]23c4c5ccc(O)c4O[C@H]2c2nc(-c4ccc(Cl)cc4)ccc2C[C@@]3(O)[C@H]1C5. The summed E-state index contributed by atoms with van der Waals surface area (Å²) < 4.78 is 6.60. The Morgan fingerprint density at radius 3 is 2.71 bits per heavy atom. The average Bonchev–Trinajstić information content (AvgIpc) is 3.18. The first-order valence-corrected chi connectivity index (χ1v) is 12.6. The number of fused-ring (bicyclic) bond motifs is 2. The Labute approximate surface area is 209 Å². The largest absolute Gasteiger partial charge is 0.504 e. The molecule has 4 aliphatic rings. The number of piperidine rings is 1. The van der Waals surface area contributed by atoms with Crippen molar-refractivity contribution >= 4 is 11.6 Å². The molecule has 2 aromatic carbocycles. The summed E-state index contributed by atoms with van der Waals surface area (Å²) in [4.78, 5) is 7.50. The predicted octanol–water partition coefficient (Wildman–Crippen LogP) is 4.97. The van der Waals surface area contributed by atoms with Crippen molar-refractivity contribution in [2.24, 2.45) is 0 Å². The summed E-state index contributed by atoms with van der Waals surface area (Å²) in [5.41, 5.74) is 5.23. The maximum Gasteiger partial charge on any atom is 0.166 e. The van der Waals surface area contributed by atoms with E-state index < -0.39 is 17.1 Å². The molecule has 178 valence electrons. The smallest absolute Gasteiger partial charge is 0.166 e. The maximum absolute atomic E-state index is 12.7. The minimum atomic E-state index is -1.03. The van der Waals surface area contributed by atoms with Gasteiger partial charge in [-0.3, -0.25) is 4.90 Å². The average molecular weight is 487 g/mol. The normalized spacial score (nSPS) is 29.8. The van der Waals surface area contributed by atoms with Gasteiger partial charge in [0.25, 0.3) is 0 Å². The molecule has 0 amide bonds. The Kier molecular flexibility index (Phi) is 4.34. The molecule has 1 spiro atoms. The Hall–Kier alpha value is -2.86. The molecule has 3 aromatic rings. The van der Waals surface area contributed by atoms with Crippen molar-refractivity contribution in [1.82, 2.24) is 9.88 Å². The number of phenolic OH excluding ortho intramolecular Hbond substituents is 1. The number of aromatic nitrogens is 1. The number of halogens is 1. The van der Waals surface area contributed by atoms with Gasteiger partial charge in [-0.2, -0.15) is 0 Å². The Bertz CT molecular complexity index is 1400. The highest BCUT2D eigenvalue weighted by molar-refractivity contribution is 6.30. The number of ether oxygens (including phenoxy) is 1. The number of hydrogen-bond donors (Lipinski definition) is 2. The summed E-state index contributed by atoms with van der Waals surface area (Å²) in [6.07, 6.45) is 1.49. The highest BCUT2D eigenvalue weighted by Crippen LogP contribution is 2.68. The van der Waals surface area contributed by atoms with E-state index in [0.29, 0.717) is 17.2 Å². The molecule has 6 heteroatoms. The van der Waals surface area contributed by atoms with Crippen LogP contribution < -0.4 is 4.74 Å². The molecule has 2 aliphatic heterocycles. The van der Waals surface area contributed by atoms with E-state index in [1.54, 1.807) is 6.07 Å². The number of likely N-dealkylation sites (tertiary alicyclic amines) is 1. The highest BCUT2D eigenvalue weighted by Gasteiger charge is 2.72. The third-order valence-electron chi connectivity index (χ3n) is 8.66. The number of benzene rings is 2. The van der Waals surface area contributed by atoms with Crippen LogP contribution >= 0.6 is 11.6 Å². The van der Waals surface area contributed by atoms with E-state index in [-0.39, 0.29) is 11.8 Å². The van der Waals surface area contributed by atoms with Crippen LogP contribution in [0.25, 0.3) is 11.3 Å². The third kappa shape index (κ3) is 2.69. The van der Waals surface area contributed by atoms with Crippen LogP contribution in [0.1, 0.15) is 41.8 Å². The summed E-state index contributed by atoms with van der Waals surface area (Å²) in [6.45, 7) is 7.78. The molecular weight excluding hydrogens is 460 g/mol. The second kappa shape index (κ2) is 7.10. The van der Waals surface area contributed by atoms with E-state index in [9.17, 15) is 10.2 Å². The zero-order chi connectivity index (χ0) is 24.1. The Morgan fingerprint density at radius 1 is 1.17 bits per heavy atom. The summed E-state index contributed by atoms with van der Waals surface area (Å²) >= 11 is 6.11. The minimum absolute atomic E-state index is 0.0638. The lowest BCUT2D eigenvalue weighted by molar-refractivity contribution is -0.171. The molecule has 0 unspecified atom stereocenters. The van der Waals surface area contributed by atoms with Gasteiger partial charge in [-0.05, 0) is 55.2 Å². The molecule has 7 rings (SSSR count). The van der Waals surface area contributed by atoms with Gasteiger partial charge in [0.15, 0.2) is 17.6 Å². The van der Waals surface area contributed by atoms with Crippen LogP contribution in [-0.4, -0.2) is 44.8 Å². The number of rotatable bonds is 3. The van der Waals surface area contributed by atoms with Crippen molar-refractivity contribution in [1.29, 1.82) is 0 Å². The number of aliphatic hydroxyl groups is 1. The zero-order valence-electron chi connectivity index (χ0n) is 19.6. The molecule has 5 nitrogen and oxygen atoms in total. The molecule has 1 fully saturated rings. The van der Waals surface area contributed by atoms with E-state index in [4.69, 9.17) is 21.3 Å². The van der Waals surface area contributed by atoms with Crippen molar-refractivity contribution in [2.75, 3.05) is 13.1 Å². The first-order chi connectivity index (χ1) is 16.8. The monoisotopic (exact) mass is 486 g/mol. The number of hydrogen-bond acceptors (Lipinski definition) is 5. The first kappa shape index (κ1) is 21.4. The summed E-state index contributed by atoms with van der Waals surface area (Å²) in [7, 11) is 0. The number of phenols is 1. The lowest BCUT2D eigenvalue weighted by Crippen LogP contribution is -2.74.